The normalized spacial score (nSPS) is 15.1. The summed E-state index contributed by atoms with van der Waals surface area (Å²) in [5.74, 6) is 2.21. The first-order chi connectivity index (χ1) is 11.8. The van der Waals surface area contributed by atoms with E-state index in [2.05, 4.69) is 34.8 Å². The number of piperazine rings is 1. The van der Waals surface area contributed by atoms with Crippen LogP contribution in [0.15, 0.2) is 24.8 Å². The van der Waals surface area contributed by atoms with Gasteiger partial charge in [-0.3, -0.25) is 4.68 Å². The van der Waals surface area contributed by atoms with Gasteiger partial charge in [-0.15, -0.1) is 0 Å². The van der Waals surface area contributed by atoms with Crippen molar-refractivity contribution in [1.29, 1.82) is 0 Å². The number of ether oxygens (including phenoxy) is 1. The van der Waals surface area contributed by atoms with Crippen LogP contribution >= 0.6 is 0 Å². The molecule has 1 fully saturated rings. The molecule has 124 valence electrons. The van der Waals surface area contributed by atoms with Gasteiger partial charge in [-0.25, -0.2) is 15.0 Å². The molecule has 0 saturated carbocycles. The van der Waals surface area contributed by atoms with Crippen molar-refractivity contribution in [3.8, 4) is 5.88 Å². The largest absolute Gasteiger partial charge is 0.481 e. The number of anilines is 2. The van der Waals surface area contributed by atoms with Crippen LogP contribution in [0.2, 0.25) is 0 Å². The summed E-state index contributed by atoms with van der Waals surface area (Å²) in [7, 11) is 3.50. The minimum Gasteiger partial charge on any atom is -0.481 e. The van der Waals surface area contributed by atoms with Crippen molar-refractivity contribution in [2.75, 3.05) is 43.1 Å². The van der Waals surface area contributed by atoms with E-state index in [1.807, 2.05) is 13.2 Å². The maximum atomic E-state index is 5.17. The molecule has 0 aromatic carbocycles. The predicted molar refractivity (Wildman–Crippen MR) is 89.3 cm³/mol. The highest BCUT2D eigenvalue weighted by Gasteiger charge is 2.22. The number of aromatic nitrogens is 6. The van der Waals surface area contributed by atoms with Crippen LogP contribution in [0.1, 0.15) is 0 Å². The lowest BCUT2D eigenvalue weighted by Crippen LogP contribution is -2.47. The van der Waals surface area contributed by atoms with E-state index < -0.39 is 0 Å². The van der Waals surface area contributed by atoms with E-state index in [-0.39, 0.29) is 0 Å². The zero-order valence-electron chi connectivity index (χ0n) is 13.6. The summed E-state index contributed by atoms with van der Waals surface area (Å²) in [6, 6.07) is 1.75. The maximum Gasteiger partial charge on any atom is 0.228 e. The molecule has 3 aromatic rings. The van der Waals surface area contributed by atoms with E-state index in [0.29, 0.717) is 11.8 Å². The van der Waals surface area contributed by atoms with Crippen molar-refractivity contribution in [3.05, 3.63) is 24.8 Å². The summed E-state index contributed by atoms with van der Waals surface area (Å²) in [6.07, 6.45) is 5.14. The van der Waals surface area contributed by atoms with Gasteiger partial charge in [0.15, 0.2) is 5.65 Å². The lowest BCUT2D eigenvalue weighted by Gasteiger charge is -2.35. The minimum atomic E-state index is 0.579. The summed E-state index contributed by atoms with van der Waals surface area (Å²) >= 11 is 0. The van der Waals surface area contributed by atoms with E-state index in [1.54, 1.807) is 30.4 Å². The Balaban J connectivity index is 1.53. The van der Waals surface area contributed by atoms with Gasteiger partial charge in [0, 0.05) is 45.5 Å². The molecule has 0 radical (unpaired) electrons. The molecule has 0 unspecified atom stereocenters. The smallest absolute Gasteiger partial charge is 0.228 e. The summed E-state index contributed by atoms with van der Waals surface area (Å²) < 4.78 is 6.94. The van der Waals surface area contributed by atoms with E-state index in [9.17, 15) is 0 Å². The third-order valence-electron chi connectivity index (χ3n) is 4.20. The van der Waals surface area contributed by atoms with Crippen molar-refractivity contribution >= 4 is 22.8 Å². The zero-order valence-corrected chi connectivity index (χ0v) is 13.6. The first-order valence-corrected chi connectivity index (χ1v) is 7.76. The van der Waals surface area contributed by atoms with Gasteiger partial charge in [-0.1, -0.05) is 0 Å². The SMILES string of the molecule is COc1ccnc(N2CCN(c3ncnc4c3cnn4C)CC2)n1. The van der Waals surface area contributed by atoms with Gasteiger partial charge in [-0.05, 0) is 0 Å². The van der Waals surface area contributed by atoms with Gasteiger partial charge < -0.3 is 14.5 Å². The number of rotatable bonds is 3. The molecule has 0 N–H and O–H groups in total. The average molecular weight is 326 g/mol. The quantitative estimate of drug-likeness (QED) is 0.687. The Hall–Kier alpha value is -2.97. The van der Waals surface area contributed by atoms with E-state index in [4.69, 9.17) is 4.74 Å². The fraction of sp³-hybridized carbons (Fsp3) is 0.400. The Bertz CT molecular complexity index is 856. The highest BCUT2D eigenvalue weighted by Crippen LogP contribution is 2.24. The molecular weight excluding hydrogens is 308 g/mol. The summed E-state index contributed by atoms with van der Waals surface area (Å²) in [5, 5.41) is 5.25. The number of nitrogens with zero attached hydrogens (tertiary/aromatic N) is 8. The lowest BCUT2D eigenvalue weighted by atomic mass is 10.3. The standard InChI is InChI=1S/C15H18N8O/c1-21-13-11(9-19-21)14(18-10-17-13)22-5-7-23(8-6-22)15-16-4-3-12(20-15)24-2/h3-4,9-10H,5-8H2,1-2H3. The molecule has 9 heteroatoms. The van der Waals surface area contributed by atoms with Gasteiger partial charge in [0.1, 0.15) is 12.1 Å². The van der Waals surface area contributed by atoms with Gasteiger partial charge in [0.05, 0.1) is 18.7 Å². The molecule has 4 rings (SSSR count). The molecule has 0 aliphatic carbocycles. The fourth-order valence-corrected chi connectivity index (χ4v) is 2.92. The second-order valence-electron chi connectivity index (χ2n) is 5.58. The molecule has 4 heterocycles. The van der Waals surface area contributed by atoms with Gasteiger partial charge in [0.25, 0.3) is 0 Å². The van der Waals surface area contributed by atoms with E-state index in [0.717, 1.165) is 43.0 Å². The third kappa shape index (κ3) is 2.47. The van der Waals surface area contributed by atoms with Crippen molar-refractivity contribution < 1.29 is 4.74 Å². The summed E-state index contributed by atoms with van der Waals surface area (Å²) in [4.78, 5) is 21.9. The third-order valence-corrected chi connectivity index (χ3v) is 4.20. The van der Waals surface area contributed by atoms with Crippen molar-refractivity contribution in [3.63, 3.8) is 0 Å². The number of hydrogen-bond donors (Lipinski definition) is 0. The van der Waals surface area contributed by atoms with Crippen LogP contribution in [0.5, 0.6) is 5.88 Å². The predicted octanol–water partition coefficient (Wildman–Crippen LogP) is 0.488. The zero-order chi connectivity index (χ0) is 16.5. The highest BCUT2D eigenvalue weighted by atomic mass is 16.5. The van der Waals surface area contributed by atoms with E-state index >= 15 is 0 Å². The van der Waals surface area contributed by atoms with Crippen LogP contribution in [0, 0.1) is 0 Å². The fourth-order valence-electron chi connectivity index (χ4n) is 2.92. The summed E-state index contributed by atoms with van der Waals surface area (Å²) in [5.41, 5.74) is 0.846. The number of hydrogen-bond acceptors (Lipinski definition) is 8. The molecule has 1 saturated heterocycles. The highest BCUT2D eigenvalue weighted by molar-refractivity contribution is 5.86. The first kappa shape index (κ1) is 14.6. The number of aryl methyl sites for hydroxylation is 1. The number of methoxy groups -OCH3 is 1. The van der Waals surface area contributed by atoms with Crippen LogP contribution in [0.4, 0.5) is 11.8 Å². The van der Waals surface area contributed by atoms with Gasteiger partial charge in [0.2, 0.25) is 11.8 Å². The molecule has 9 nitrogen and oxygen atoms in total. The molecule has 0 atom stereocenters. The Morgan fingerprint density at radius 1 is 1.04 bits per heavy atom. The van der Waals surface area contributed by atoms with E-state index in [1.165, 1.54) is 0 Å². The van der Waals surface area contributed by atoms with Crippen molar-refractivity contribution in [2.24, 2.45) is 7.05 Å². The molecule has 3 aromatic heterocycles. The number of fused-ring (bicyclic) bond motifs is 1. The second-order valence-corrected chi connectivity index (χ2v) is 5.58. The Labute approximate surface area is 138 Å². The monoisotopic (exact) mass is 326 g/mol. The Morgan fingerprint density at radius 3 is 2.62 bits per heavy atom. The van der Waals surface area contributed by atoms with Gasteiger partial charge >= 0.3 is 0 Å². The van der Waals surface area contributed by atoms with Gasteiger partial charge in [-0.2, -0.15) is 10.1 Å². The second kappa shape index (κ2) is 5.91. The Morgan fingerprint density at radius 2 is 1.83 bits per heavy atom. The average Bonchev–Trinajstić information content (AvgIpc) is 3.03. The van der Waals surface area contributed by atoms with Crippen LogP contribution in [-0.2, 0) is 7.05 Å². The van der Waals surface area contributed by atoms with Crippen molar-refractivity contribution in [2.45, 2.75) is 0 Å². The molecule has 0 amide bonds. The van der Waals surface area contributed by atoms with Crippen molar-refractivity contribution in [1.82, 2.24) is 29.7 Å². The molecule has 24 heavy (non-hydrogen) atoms. The molecule has 0 spiro atoms. The molecule has 0 bridgehead atoms. The van der Waals surface area contributed by atoms with Crippen LogP contribution in [0.3, 0.4) is 0 Å². The summed E-state index contributed by atoms with van der Waals surface area (Å²) in [6.45, 7) is 3.31. The minimum absolute atomic E-state index is 0.579. The van der Waals surface area contributed by atoms with Crippen LogP contribution < -0.4 is 14.5 Å². The molecular formula is C15H18N8O. The first-order valence-electron chi connectivity index (χ1n) is 7.76. The lowest BCUT2D eigenvalue weighted by molar-refractivity contribution is 0.396. The Kier molecular flexibility index (Phi) is 3.60. The van der Waals surface area contributed by atoms with Crippen LogP contribution in [-0.4, -0.2) is 63.0 Å². The molecule has 1 aliphatic rings. The van der Waals surface area contributed by atoms with Crippen LogP contribution in [0.25, 0.3) is 11.0 Å². The maximum absolute atomic E-state index is 5.17. The molecule has 1 aliphatic heterocycles. The topological polar surface area (TPSA) is 85.1 Å².